The van der Waals surface area contributed by atoms with Crippen molar-refractivity contribution in [1.82, 2.24) is 9.97 Å². The van der Waals surface area contributed by atoms with E-state index in [4.69, 9.17) is 14.9 Å². The highest BCUT2D eigenvalue weighted by molar-refractivity contribution is 7.19. The number of thiazole rings is 1. The van der Waals surface area contributed by atoms with Gasteiger partial charge in [-0.25, -0.2) is 9.97 Å². The minimum Gasteiger partial charge on any atom is -0.466 e. The number of nitrogens with zero attached hydrogens (tertiary/aromatic N) is 4. The summed E-state index contributed by atoms with van der Waals surface area (Å²) in [7, 11) is 0. The highest BCUT2D eigenvalue weighted by Crippen LogP contribution is 2.44. The Bertz CT molecular complexity index is 1100. The maximum absolute atomic E-state index is 9.79. The highest BCUT2D eigenvalue weighted by Gasteiger charge is 2.29. The normalized spacial score (nSPS) is 15.8. The van der Waals surface area contributed by atoms with E-state index in [0.29, 0.717) is 18.8 Å². The van der Waals surface area contributed by atoms with Gasteiger partial charge in [-0.15, -0.1) is 0 Å². The first-order valence-corrected chi connectivity index (χ1v) is 10.1. The zero-order valence-corrected chi connectivity index (χ0v) is 16.3. The van der Waals surface area contributed by atoms with Crippen molar-refractivity contribution in [3.05, 3.63) is 34.9 Å². The Morgan fingerprint density at radius 1 is 1.29 bits per heavy atom. The van der Waals surface area contributed by atoms with E-state index in [1.54, 1.807) is 11.3 Å². The lowest BCUT2D eigenvalue weighted by atomic mass is 9.88. The molecule has 2 aliphatic rings. The molecule has 1 aliphatic heterocycles. The van der Waals surface area contributed by atoms with Gasteiger partial charge in [-0.3, -0.25) is 0 Å². The Balaban J connectivity index is 1.67. The largest absolute Gasteiger partial charge is 0.466 e. The number of nitrogens with two attached hydrogens (primary N) is 1. The molecular formula is C20H19N5O2S. The zero-order valence-electron chi connectivity index (χ0n) is 15.5. The van der Waals surface area contributed by atoms with Crippen LogP contribution in [0.3, 0.4) is 0 Å². The third kappa shape index (κ3) is 2.66. The van der Waals surface area contributed by atoms with Crippen LogP contribution in [-0.2, 0) is 17.6 Å². The Morgan fingerprint density at radius 3 is 2.89 bits per heavy atom. The van der Waals surface area contributed by atoms with Gasteiger partial charge in [0.05, 0.1) is 23.8 Å². The summed E-state index contributed by atoms with van der Waals surface area (Å²) >= 11 is 1.59. The maximum Gasteiger partial charge on any atom is 0.186 e. The van der Waals surface area contributed by atoms with Gasteiger partial charge in [0.15, 0.2) is 5.13 Å². The molecule has 8 heteroatoms. The summed E-state index contributed by atoms with van der Waals surface area (Å²) in [5.41, 5.74) is 10.4. The van der Waals surface area contributed by atoms with Gasteiger partial charge in [0.2, 0.25) is 0 Å². The number of hydrogen-bond donors (Lipinski definition) is 1. The van der Waals surface area contributed by atoms with E-state index < -0.39 is 0 Å². The number of ether oxygens (including phenoxy) is 1. The van der Waals surface area contributed by atoms with Gasteiger partial charge in [0.25, 0.3) is 0 Å². The fourth-order valence-corrected chi connectivity index (χ4v) is 5.01. The minimum absolute atomic E-state index is 0.254. The van der Waals surface area contributed by atoms with Gasteiger partial charge in [0.1, 0.15) is 29.0 Å². The van der Waals surface area contributed by atoms with Gasteiger partial charge >= 0.3 is 0 Å². The van der Waals surface area contributed by atoms with E-state index in [1.807, 2.05) is 19.2 Å². The van der Waals surface area contributed by atoms with Gasteiger partial charge in [-0.1, -0.05) is 11.3 Å². The van der Waals surface area contributed by atoms with Crippen LogP contribution < -0.4 is 10.6 Å². The Kier molecular flexibility index (Phi) is 4.07. The lowest BCUT2D eigenvalue weighted by Crippen LogP contribution is -2.36. The number of aryl methyl sites for hydroxylation is 2. The van der Waals surface area contributed by atoms with Gasteiger partial charge in [0, 0.05) is 36.8 Å². The molecule has 1 saturated heterocycles. The number of rotatable bonds is 2. The summed E-state index contributed by atoms with van der Waals surface area (Å²) in [6.07, 6.45) is 3.40. The number of hydrogen-bond acceptors (Lipinski definition) is 8. The standard InChI is InChI=1S/C20H19N5O2S/c1-11-8-13-15(27-11)3-2-12-17(14(9-21)19(22)24-18(12)13)16-10-23-20(28-16)25-4-6-26-7-5-25/h8,10H,2-7H2,1H3,(H2,22,24). The molecule has 0 aromatic carbocycles. The number of anilines is 2. The van der Waals surface area contributed by atoms with E-state index >= 15 is 0 Å². The van der Waals surface area contributed by atoms with Crippen molar-refractivity contribution in [1.29, 1.82) is 5.26 Å². The number of aromatic nitrogens is 2. The molecule has 0 atom stereocenters. The molecule has 28 heavy (non-hydrogen) atoms. The molecule has 3 aromatic rings. The van der Waals surface area contributed by atoms with E-state index in [1.165, 1.54) is 0 Å². The molecule has 4 heterocycles. The molecule has 0 unspecified atom stereocenters. The first-order chi connectivity index (χ1) is 13.7. The van der Waals surface area contributed by atoms with Crippen molar-refractivity contribution in [3.63, 3.8) is 0 Å². The van der Waals surface area contributed by atoms with E-state index in [9.17, 15) is 5.26 Å². The van der Waals surface area contributed by atoms with Crippen molar-refractivity contribution in [2.24, 2.45) is 0 Å². The van der Waals surface area contributed by atoms with Crippen LogP contribution in [0.25, 0.3) is 21.7 Å². The quantitative estimate of drug-likeness (QED) is 0.713. The third-order valence-electron chi connectivity index (χ3n) is 5.25. The smallest absolute Gasteiger partial charge is 0.186 e. The maximum atomic E-state index is 9.79. The monoisotopic (exact) mass is 393 g/mol. The predicted molar refractivity (Wildman–Crippen MR) is 107 cm³/mol. The molecule has 0 saturated carbocycles. The van der Waals surface area contributed by atoms with E-state index in [0.717, 1.165) is 69.8 Å². The first kappa shape index (κ1) is 17.2. The fourth-order valence-electron chi connectivity index (χ4n) is 3.96. The molecule has 3 aromatic heterocycles. The Morgan fingerprint density at radius 2 is 2.11 bits per heavy atom. The summed E-state index contributed by atoms with van der Waals surface area (Å²) in [4.78, 5) is 12.4. The Hall–Kier alpha value is -2.89. The molecule has 2 N–H and O–H groups in total. The number of furan rings is 1. The second kappa shape index (κ2) is 6.62. The molecule has 5 rings (SSSR count). The lowest BCUT2D eigenvalue weighted by molar-refractivity contribution is 0.122. The van der Waals surface area contributed by atoms with Crippen molar-refractivity contribution in [2.45, 2.75) is 19.8 Å². The van der Waals surface area contributed by atoms with Crippen LogP contribution in [-0.4, -0.2) is 36.3 Å². The molecule has 0 spiro atoms. The topological polar surface area (TPSA) is 101 Å². The molecular weight excluding hydrogens is 374 g/mol. The van der Waals surface area contributed by atoms with Crippen molar-refractivity contribution >= 4 is 22.3 Å². The zero-order chi connectivity index (χ0) is 19.3. The average Bonchev–Trinajstić information content (AvgIpc) is 3.34. The molecule has 0 radical (unpaired) electrons. The first-order valence-electron chi connectivity index (χ1n) is 9.26. The summed E-state index contributed by atoms with van der Waals surface area (Å²) in [6.45, 7) is 5.00. The van der Waals surface area contributed by atoms with Crippen molar-refractivity contribution in [3.8, 4) is 27.8 Å². The third-order valence-corrected chi connectivity index (χ3v) is 6.32. The van der Waals surface area contributed by atoms with E-state index in [2.05, 4.69) is 20.9 Å². The number of morpholine rings is 1. The SMILES string of the molecule is Cc1cc2c(o1)CCc1c-2nc(N)c(C#N)c1-c1cnc(N2CCOCC2)s1. The molecule has 0 bridgehead atoms. The second-order valence-electron chi connectivity index (χ2n) is 6.99. The van der Waals surface area contributed by atoms with Crippen LogP contribution in [0, 0.1) is 18.3 Å². The van der Waals surface area contributed by atoms with Gasteiger partial charge < -0.3 is 19.8 Å². The lowest BCUT2D eigenvalue weighted by Gasteiger charge is -2.26. The van der Waals surface area contributed by atoms with Crippen LogP contribution in [0.1, 0.15) is 22.6 Å². The number of fused-ring (bicyclic) bond motifs is 3. The van der Waals surface area contributed by atoms with Gasteiger partial charge in [-0.2, -0.15) is 5.26 Å². The molecule has 0 amide bonds. The number of nitrogen functional groups attached to an aromatic ring is 1. The molecule has 1 aliphatic carbocycles. The van der Waals surface area contributed by atoms with Crippen LogP contribution in [0.5, 0.6) is 0 Å². The summed E-state index contributed by atoms with van der Waals surface area (Å²) in [6, 6.07) is 4.27. The number of nitriles is 1. The van der Waals surface area contributed by atoms with Crippen LogP contribution in [0.4, 0.5) is 10.9 Å². The summed E-state index contributed by atoms with van der Waals surface area (Å²) < 4.78 is 11.2. The van der Waals surface area contributed by atoms with Gasteiger partial charge in [-0.05, 0) is 25.0 Å². The second-order valence-corrected chi connectivity index (χ2v) is 8.00. The molecule has 142 valence electrons. The summed E-state index contributed by atoms with van der Waals surface area (Å²) in [5, 5.41) is 10.7. The van der Waals surface area contributed by atoms with Crippen LogP contribution >= 0.6 is 11.3 Å². The summed E-state index contributed by atoms with van der Waals surface area (Å²) in [5.74, 6) is 2.05. The number of pyridine rings is 1. The van der Waals surface area contributed by atoms with Crippen LogP contribution in [0.15, 0.2) is 16.7 Å². The predicted octanol–water partition coefficient (Wildman–Crippen LogP) is 3.16. The van der Waals surface area contributed by atoms with Crippen molar-refractivity contribution in [2.75, 3.05) is 36.9 Å². The fraction of sp³-hybridized carbons (Fsp3) is 0.350. The molecule has 7 nitrogen and oxygen atoms in total. The minimum atomic E-state index is 0.254. The molecule has 1 fully saturated rings. The average molecular weight is 393 g/mol. The highest BCUT2D eigenvalue weighted by atomic mass is 32.1. The van der Waals surface area contributed by atoms with Crippen LogP contribution in [0.2, 0.25) is 0 Å². The van der Waals surface area contributed by atoms with Crippen molar-refractivity contribution < 1.29 is 9.15 Å². The van der Waals surface area contributed by atoms with E-state index in [-0.39, 0.29) is 5.82 Å². The Labute approximate surface area is 166 Å².